The summed E-state index contributed by atoms with van der Waals surface area (Å²) in [6.45, 7) is 2.56. The van der Waals surface area contributed by atoms with Crippen molar-refractivity contribution < 1.29 is 18.6 Å². The fourth-order valence-electron chi connectivity index (χ4n) is 4.38. The van der Waals surface area contributed by atoms with Crippen LogP contribution in [0.1, 0.15) is 37.3 Å². The monoisotopic (exact) mass is 475 g/mol. The molecule has 4 rings (SSSR count). The number of aliphatic hydroxyl groups excluding tert-OH is 1. The third-order valence-electron chi connectivity index (χ3n) is 5.95. The third-order valence-corrected chi connectivity index (χ3v) is 5.95. The minimum Gasteiger partial charge on any atom is -0.496 e. The highest BCUT2D eigenvalue weighted by Gasteiger charge is 2.43. The summed E-state index contributed by atoms with van der Waals surface area (Å²) in [5.74, 6) is -1.22. The van der Waals surface area contributed by atoms with Crippen molar-refractivity contribution in [1.82, 2.24) is 24.6 Å². The Hall–Kier alpha value is -3.05. The van der Waals surface area contributed by atoms with Gasteiger partial charge in [-0.05, 0) is 24.5 Å². The Balaban J connectivity index is 1.59. The predicted octanol–water partition coefficient (Wildman–Crippen LogP) is 2.88. The van der Waals surface area contributed by atoms with E-state index in [9.17, 15) is 13.9 Å². The number of likely N-dealkylation sites (tertiary alicyclic amines) is 1. The number of rotatable bonds is 11. The zero-order valence-electron chi connectivity index (χ0n) is 19.5. The molecule has 3 heterocycles. The summed E-state index contributed by atoms with van der Waals surface area (Å²) in [5, 5.41) is 17.3. The van der Waals surface area contributed by atoms with E-state index in [0.29, 0.717) is 42.1 Å². The molecule has 1 aliphatic heterocycles. The van der Waals surface area contributed by atoms with Crippen molar-refractivity contribution in [3.8, 4) is 5.75 Å². The molecule has 0 aliphatic carbocycles. The van der Waals surface area contributed by atoms with Gasteiger partial charge in [0.2, 0.25) is 5.95 Å². The Morgan fingerprint density at radius 1 is 1.24 bits per heavy atom. The molecule has 0 amide bonds. The second-order valence-corrected chi connectivity index (χ2v) is 8.76. The molecule has 1 aliphatic rings. The molecule has 1 atom stereocenters. The van der Waals surface area contributed by atoms with Crippen LogP contribution in [0.25, 0.3) is 11.0 Å². The largest absolute Gasteiger partial charge is 0.496 e. The maximum atomic E-state index is 13.2. The molecule has 0 saturated carbocycles. The van der Waals surface area contributed by atoms with E-state index < -0.39 is 5.92 Å². The van der Waals surface area contributed by atoms with Crippen molar-refractivity contribution in [2.75, 3.05) is 37.9 Å². The molecular formula is C23H31F2N7O2. The van der Waals surface area contributed by atoms with Gasteiger partial charge in [-0.3, -0.25) is 9.58 Å². The number of benzene rings is 1. The second kappa shape index (κ2) is 10.1. The molecule has 0 bridgehead atoms. The summed E-state index contributed by atoms with van der Waals surface area (Å²) in [6.07, 6.45) is 4.06. The first-order valence-electron chi connectivity index (χ1n) is 11.4. The first-order valence-corrected chi connectivity index (χ1v) is 11.4. The van der Waals surface area contributed by atoms with Gasteiger partial charge in [0.1, 0.15) is 16.8 Å². The Labute approximate surface area is 196 Å². The number of halogens is 2. The molecule has 184 valence electrons. The molecule has 1 fully saturated rings. The lowest BCUT2D eigenvalue weighted by Crippen LogP contribution is -2.55. The lowest BCUT2D eigenvalue weighted by molar-refractivity contribution is -0.133. The van der Waals surface area contributed by atoms with Crippen LogP contribution < -0.4 is 15.8 Å². The molecule has 11 heteroatoms. The topological polar surface area (TPSA) is 114 Å². The number of ether oxygens (including phenoxy) is 1. The smallest absolute Gasteiger partial charge is 0.272 e. The van der Waals surface area contributed by atoms with Gasteiger partial charge in [0.05, 0.1) is 32.9 Å². The third kappa shape index (κ3) is 5.36. The number of nitrogens with zero attached hydrogens (tertiary/aromatic N) is 5. The minimum absolute atomic E-state index is 0.0403. The van der Waals surface area contributed by atoms with Crippen molar-refractivity contribution in [3.05, 3.63) is 35.5 Å². The lowest BCUT2D eigenvalue weighted by Gasteiger charge is -2.38. The van der Waals surface area contributed by atoms with Crippen molar-refractivity contribution in [2.45, 2.75) is 51.2 Å². The molecule has 0 unspecified atom stereocenters. The standard InChI is InChI=1S/C23H31F2N7O2/c1-3-4-17(7-8-33)28-21-20-18(29-22(26)30-21)10-27-32(20)12-16-6-5-15(9-19(16)34-2)11-31-13-23(24,25)14-31/h5-6,9-10,17,33H,3-4,7-8,11-14H2,1-2H3,(H3,26,28,29,30)/t17-/m0/s1. The number of methoxy groups -OCH3 is 1. The van der Waals surface area contributed by atoms with Crippen molar-refractivity contribution in [1.29, 1.82) is 0 Å². The first kappa shape index (κ1) is 24.1. The molecule has 0 radical (unpaired) electrons. The number of alkyl halides is 2. The SMILES string of the molecule is CCC[C@@H](CCO)Nc1nc(N)nc2cnn(Cc3ccc(CN4CC(F)(F)C4)cc3OC)c12. The van der Waals surface area contributed by atoms with E-state index in [0.717, 1.165) is 24.0 Å². The molecule has 34 heavy (non-hydrogen) atoms. The van der Waals surface area contributed by atoms with Gasteiger partial charge in [0.15, 0.2) is 5.82 Å². The number of aliphatic hydroxyl groups is 1. The fourth-order valence-corrected chi connectivity index (χ4v) is 4.38. The summed E-state index contributed by atoms with van der Waals surface area (Å²) >= 11 is 0. The van der Waals surface area contributed by atoms with Crippen LogP contribution in [0.2, 0.25) is 0 Å². The second-order valence-electron chi connectivity index (χ2n) is 8.76. The Morgan fingerprint density at radius 2 is 2.03 bits per heavy atom. The normalized spacial score (nSPS) is 16.4. The summed E-state index contributed by atoms with van der Waals surface area (Å²) < 4.78 is 33.7. The van der Waals surface area contributed by atoms with Crippen LogP contribution in [-0.4, -0.2) is 68.5 Å². The number of fused-ring (bicyclic) bond motifs is 1. The summed E-state index contributed by atoms with van der Waals surface area (Å²) in [5.41, 5.74) is 9.04. The van der Waals surface area contributed by atoms with E-state index in [1.54, 1.807) is 22.9 Å². The first-order chi connectivity index (χ1) is 16.3. The van der Waals surface area contributed by atoms with Crippen LogP contribution in [-0.2, 0) is 13.1 Å². The van der Waals surface area contributed by atoms with Crippen LogP contribution in [0.3, 0.4) is 0 Å². The summed E-state index contributed by atoms with van der Waals surface area (Å²) in [6, 6.07) is 5.77. The number of anilines is 2. The number of nitrogen functional groups attached to an aromatic ring is 1. The van der Waals surface area contributed by atoms with Crippen molar-refractivity contribution >= 4 is 22.8 Å². The van der Waals surface area contributed by atoms with Gasteiger partial charge in [-0.15, -0.1) is 0 Å². The van der Waals surface area contributed by atoms with Crippen LogP contribution in [0, 0.1) is 0 Å². The number of nitrogens with two attached hydrogens (primary N) is 1. The highest BCUT2D eigenvalue weighted by molar-refractivity contribution is 5.86. The van der Waals surface area contributed by atoms with Crippen LogP contribution in [0.15, 0.2) is 24.4 Å². The van der Waals surface area contributed by atoms with E-state index in [4.69, 9.17) is 10.5 Å². The van der Waals surface area contributed by atoms with Crippen molar-refractivity contribution in [3.63, 3.8) is 0 Å². The van der Waals surface area contributed by atoms with E-state index in [1.807, 2.05) is 18.2 Å². The minimum atomic E-state index is -2.59. The molecular weight excluding hydrogens is 444 g/mol. The number of aromatic nitrogens is 4. The van der Waals surface area contributed by atoms with E-state index >= 15 is 0 Å². The molecule has 3 aromatic rings. The zero-order valence-corrected chi connectivity index (χ0v) is 19.5. The average Bonchev–Trinajstić information content (AvgIpc) is 3.16. The molecule has 9 nitrogen and oxygen atoms in total. The van der Waals surface area contributed by atoms with E-state index in [-0.39, 0.29) is 31.7 Å². The van der Waals surface area contributed by atoms with Gasteiger partial charge in [-0.2, -0.15) is 10.1 Å². The number of hydrogen-bond acceptors (Lipinski definition) is 8. The van der Waals surface area contributed by atoms with Gasteiger partial charge in [-0.1, -0.05) is 25.5 Å². The molecule has 1 saturated heterocycles. The van der Waals surface area contributed by atoms with Gasteiger partial charge in [-0.25, -0.2) is 13.8 Å². The van der Waals surface area contributed by atoms with E-state index in [1.165, 1.54) is 0 Å². The van der Waals surface area contributed by atoms with Gasteiger partial charge in [0.25, 0.3) is 5.92 Å². The van der Waals surface area contributed by atoms with Gasteiger partial charge < -0.3 is 20.9 Å². The maximum absolute atomic E-state index is 13.2. The highest BCUT2D eigenvalue weighted by atomic mass is 19.3. The fraction of sp³-hybridized carbons (Fsp3) is 0.522. The Bertz CT molecular complexity index is 1120. The Morgan fingerprint density at radius 3 is 2.71 bits per heavy atom. The molecule has 1 aromatic carbocycles. The molecule has 0 spiro atoms. The summed E-state index contributed by atoms with van der Waals surface area (Å²) in [4.78, 5) is 10.4. The van der Waals surface area contributed by atoms with Gasteiger partial charge >= 0.3 is 0 Å². The highest BCUT2D eigenvalue weighted by Crippen LogP contribution is 2.30. The number of hydrogen-bond donors (Lipinski definition) is 3. The maximum Gasteiger partial charge on any atom is 0.272 e. The zero-order chi connectivity index (χ0) is 24.3. The predicted molar refractivity (Wildman–Crippen MR) is 126 cm³/mol. The molecule has 4 N–H and O–H groups in total. The lowest BCUT2D eigenvalue weighted by atomic mass is 10.1. The van der Waals surface area contributed by atoms with E-state index in [2.05, 4.69) is 27.3 Å². The quantitative estimate of drug-likeness (QED) is 0.388. The average molecular weight is 476 g/mol. The Kier molecular flexibility index (Phi) is 7.13. The van der Waals surface area contributed by atoms with Crippen molar-refractivity contribution in [2.24, 2.45) is 0 Å². The van der Waals surface area contributed by atoms with Crippen LogP contribution >= 0.6 is 0 Å². The number of nitrogens with one attached hydrogen (secondary N) is 1. The van der Waals surface area contributed by atoms with Gasteiger partial charge in [0, 0.05) is 24.8 Å². The van der Waals surface area contributed by atoms with Crippen LogP contribution in [0.5, 0.6) is 5.75 Å². The van der Waals surface area contributed by atoms with Crippen LogP contribution in [0.4, 0.5) is 20.5 Å². The summed E-state index contributed by atoms with van der Waals surface area (Å²) in [7, 11) is 1.59. The molecule has 2 aromatic heterocycles.